The summed E-state index contributed by atoms with van der Waals surface area (Å²) in [6, 6.07) is 16.6. The summed E-state index contributed by atoms with van der Waals surface area (Å²) in [5.41, 5.74) is 3.42. The zero-order chi connectivity index (χ0) is 21.1. The van der Waals surface area contributed by atoms with Crippen LogP contribution >= 0.6 is 0 Å². The third kappa shape index (κ3) is 3.81. The Morgan fingerprint density at radius 3 is 2.67 bits per heavy atom. The predicted molar refractivity (Wildman–Crippen MR) is 111 cm³/mol. The summed E-state index contributed by atoms with van der Waals surface area (Å²) in [7, 11) is 1.20. The van der Waals surface area contributed by atoms with Gasteiger partial charge in [-0.2, -0.15) is 0 Å². The number of nitrogens with one attached hydrogen (secondary N) is 2. The van der Waals surface area contributed by atoms with E-state index in [9.17, 15) is 14.9 Å². The second-order valence-corrected chi connectivity index (χ2v) is 6.49. The number of methoxy groups -OCH3 is 1. The van der Waals surface area contributed by atoms with Crippen molar-refractivity contribution in [3.05, 3.63) is 82.0 Å². The van der Waals surface area contributed by atoms with E-state index < -0.39 is 10.9 Å². The number of benzene rings is 2. The van der Waals surface area contributed by atoms with Gasteiger partial charge in [-0.15, -0.1) is 0 Å². The Kier molecular flexibility index (Phi) is 5.08. The highest BCUT2D eigenvalue weighted by Gasteiger charge is 2.19. The number of nitro groups is 1. The van der Waals surface area contributed by atoms with E-state index in [0.717, 1.165) is 34.1 Å². The molecule has 4 rings (SSSR count). The number of pyridine rings is 1. The van der Waals surface area contributed by atoms with Gasteiger partial charge < -0.3 is 15.0 Å². The molecule has 0 fully saturated rings. The zero-order valence-corrected chi connectivity index (χ0v) is 16.0. The standard InChI is InChI=1S/C21H17N5O4/c1-30-21(27)15-10-18(26(28)29)20(23-12-15)22-11-13-6-8-14(9-7-13)19-24-16-4-2-3-5-17(16)25-19/h2-10,12H,11H2,1H3,(H,22,23)(H,24,25). The third-order valence-electron chi connectivity index (χ3n) is 4.56. The smallest absolute Gasteiger partial charge is 0.339 e. The van der Waals surface area contributed by atoms with Gasteiger partial charge in [-0.1, -0.05) is 36.4 Å². The molecule has 2 aromatic carbocycles. The molecular weight excluding hydrogens is 386 g/mol. The van der Waals surface area contributed by atoms with Crippen LogP contribution in [0, 0.1) is 10.1 Å². The van der Waals surface area contributed by atoms with E-state index in [0.29, 0.717) is 6.54 Å². The molecule has 0 saturated carbocycles. The van der Waals surface area contributed by atoms with Crippen LogP contribution in [-0.4, -0.2) is 33.0 Å². The molecule has 30 heavy (non-hydrogen) atoms. The fourth-order valence-electron chi connectivity index (χ4n) is 3.01. The number of imidazole rings is 1. The molecule has 0 radical (unpaired) electrons. The monoisotopic (exact) mass is 403 g/mol. The van der Waals surface area contributed by atoms with Crippen molar-refractivity contribution < 1.29 is 14.5 Å². The van der Waals surface area contributed by atoms with Gasteiger partial charge in [0.1, 0.15) is 5.82 Å². The second kappa shape index (κ2) is 8.00. The number of rotatable bonds is 6. The Hall–Kier alpha value is -4.27. The summed E-state index contributed by atoms with van der Waals surface area (Å²) in [4.78, 5) is 34.2. The first-order valence-electron chi connectivity index (χ1n) is 9.06. The number of H-pyrrole nitrogens is 1. The van der Waals surface area contributed by atoms with Crippen molar-refractivity contribution in [3.63, 3.8) is 0 Å². The minimum absolute atomic E-state index is 0.0185. The van der Waals surface area contributed by atoms with E-state index in [4.69, 9.17) is 0 Å². The highest BCUT2D eigenvalue weighted by molar-refractivity contribution is 5.90. The minimum Gasteiger partial charge on any atom is -0.465 e. The molecule has 2 heterocycles. The van der Waals surface area contributed by atoms with Crippen LogP contribution in [0.3, 0.4) is 0 Å². The SMILES string of the molecule is COC(=O)c1cnc(NCc2ccc(-c3nc4ccccc4[nH]3)cc2)c([N+](=O)[O-])c1. The number of para-hydroxylation sites is 2. The highest BCUT2D eigenvalue weighted by Crippen LogP contribution is 2.25. The summed E-state index contributed by atoms with van der Waals surface area (Å²) in [5.74, 6) is 0.166. The molecule has 0 saturated heterocycles. The van der Waals surface area contributed by atoms with Crippen molar-refractivity contribution in [2.75, 3.05) is 12.4 Å². The number of fused-ring (bicyclic) bond motifs is 1. The van der Waals surface area contributed by atoms with Crippen molar-refractivity contribution in [1.82, 2.24) is 15.0 Å². The van der Waals surface area contributed by atoms with Crippen molar-refractivity contribution in [2.24, 2.45) is 0 Å². The van der Waals surface area contributed by atoms with Crippen molar-refractivity contribution in [3.8, 4) is 11.4 Å². The number of aromatic nitrogens is 3. The molecule has 0 unspecified atom stereocenters. The fourth-order valence-corrected chi connectivity index (χ4v) is 3.01. The number of ether oxygens (including phenoxy) is 1. The maximum absolute atomic E-state index is 11.6. The first kappa shape index (κ1) is 19.1. The summed E-state index contributed by atoms with van der Waals surface area (Å²) < 4.78 is 4.58. The molecule has 9 heteroatoms. The molecule has 0 aliphatic heterocycles. The lowest BCUT2D eigenvalue weighted by molar-refractivity contribution is -0.384. The van der Waals surface area contributed by atoms with Crippen molar-refractivity contribution in [1.29, 1.82) is 0 Å². The number of carbonyl (C=O) groups is 1. The topological polar surface area (TPSA) is 123 Å². The van der Waals surface area contributed by atoms with Crippen LogP contribution in [0.15, 0.2) is 60.8 Å². The van der Waals surface area contributed by atoms with Crippen LogP contribution in [0.1, 0.15) is 15.9 Å². The first-order chi connectivity index (χ1) is 14.5. The van der Waals surface area contributed by atoms with Gasteiger partial charge in [0, 0.05) is 24.4 Å². The molecule has 0 atom stereocenters. The molecule has 4 aromatic rings. The van der Waals surface area contributed by atoms with Gasteiger partial charge >= 0.3 is 11.7 Å². The summed E-state index contributed by atoms with van der Waals surface area (Å²) in [6.45, 7) is 0.325. The maximum Gasteiger partial charge on any atom is 0.339 e. The summed E-state index contributed by atoms with van der Waals surface area (Å²) in [6.07, 6.45) is 1.24. The Labute approximate surface area is 170 Å². The molecule has 9 nitrogen and oxygen atoms in total. The molecule has 0 bridgehead atoms. The van der Waals surface area contributed by atoms with E-state index in [1.807, 2.05) is 48.5 Å². The van der Waals surface area contributed by atoms with Crippen molar-refractivity contribution in [2.45, 2.75) is 6.54 Å². The molecule has 150 valence electrons. The fraction of sp³-hybridized carbons (Fsp3) is 0.0952. The molecule has 0 spiro atoms. The average Bonchev–Trinajstić information content (AvgIpc) is 3.21. The van der Waals surface area contributed by atoms with Crippen LogP contribution in [0.25, 0.3) is 22.4 Å². The summed E-state index contributed by atoms with van der Waals surface area (Å²) >= 11 is 0. The Bertz CT molecular complexity index is 1200. The molecular formula is C21H17N5O4. The van der Waals surface area contributed by atoms with Gasteiger partial charge in [-0.25, -0.2) is 14.8 Å². The number of hydrogen-bond acceptors (Lipinski definition) is 7. The van der Waals surface area contributed by atoms with Gasteiger partial charge in [0.05, 0.1) is 28.6 Å². The Balaban J connectivity index is 1.50. The molecule has 0 amide bonds. The lowest BCUT2D eigenvalue weighted by Gasteiger charge is -2.08. The average molecular weight is 403 g/mol. The minimum atomic E-state index is -0.682. The van der Waals surface area contributed by atoms with Gasteiger partial charge in [0.2, 0.25) is 5.82 Å². The van der Waals surface area contributed by atoms with E-state index in [2.05, 4.69) is 25.0 Å². The number of esters is 1. The predicted octanol–water partition coefficient (Wildman–Crippen LogP) is 3.93. The number of hydrogen-bond donors (Lipinski definition) is 2. The molecule has 2 aromatic heterocycles. The molecule has 0 aliphatic carbocycles. The number of carbonyl (C=O) groups excluding carboxylic acids is 1. The second-order valence-electron chi connectivity index (χ2n) is 6.49. The largest absolute Gasteiger partial charge is 0.465 e. The number of nitrogens with zero attached hydrogens (tertiary/aromatic N) is 3. The van der Waals surface area contributed by atoms with Crippen LogP contribution in [0.2, 0.25) is 0 Å². The van der Waals surface area contributed by atoms with Crippen molar-refractivity contribution >= 4 is 28.5 Å². The van der Waals surface area contributed by atoms with Gasteiger partial charge in [-0.3, -0.25) is 10.1 Å². The van der Waals surface area contributed by atoms with E-state index in [-0.39, 0.29) is 17.1 Å². The van der Waals surface area contributed by atoms with E-state index >= 15 is 0 Å². The van der Waals surface area contributed by atoms with E-state index in [1.165, 1.54) is 13.3 Å². The highest BCUT2D eigenvalue weighted by atomic mass is 16.6. The number of aromatic amines is 1. The third-order valence-corrected chi connectivity index (χ3v) is 4.56. The van der Waals surface area contributed by atoms with Gasteiger partial charge in [-0.05, 0) is 17.7 Å². The molecule has 0 aliphatic rings. The lowest BCUT2D eigenvalue weighted by Crippen LogP contribution is -2.08. The first-order valence-corrected chi connectivity index (χ1v) is 9.06. The quantitative estimate of drug-likeness (QED) is 0.284. The van der Waals surface area contributed by atoms with Crippen LogP contribution in [0.5, 0.6) is 0 Å². The Morgan fingerprint density at radius 2 is 1.97 bits per heavy atom. The number of anilines is 1. The summed E-state index contributed by atoms with van der Waals surface area (Å²) in [5, 5.41) is 14.3. The van der Waals surface area contributed by atoms with Gasteiger partial charge in [0.25, 0.3) is 0 Å². The lowest BCUT2D eigenvalue weighted by atomic mass is 10.1. The Morgan fingerprint density at radius 1 is 1.20 bits per heavy atom. The van der Waals surface area contributed by atoms with Gasteiger partial charge in [0.15, 0.2) is 0 Å². The van der Waals surface area contributed by atoms with E-state index in [1.54, 1.807) is 0 Å². The van der Waals surface area contributed by atoms with Crippen LogP contribution in [-0.2, 0) is 11.3 Å². The normalized spacial score (nSPS) is 10.7. The van der Waals surface area contributed by atoms with Crippen LogP contribution in [0.4, 0.5) is 11.5 Å². The van der Waals surface area contributed by atoms with Crippen LogP contribution < -0.4 is 5.32 Å². The molecule has 2 N–H and O–H groups in total. The maximum atomic E-state index is 11.6. The zero-order valence-electron chi connectivity index (χ0n) is 16.0.